The quantitative estimate of drug-likeness (QED) is 0.687. The highest BCUT2D eigenvalue weighted by molar-refractivity contribution is 6.37. The molecule has 0 N–H and O–H groups in total. The summed E-state index contributed by atoms with van der Waals surface area (Å²) in [5.41, 5.74) is 1.69. The van der Waals surface area contributed by atoms with Crippen LogP contribution in [0, 0.1) is 23.7 Å². The van der Waals surface area contributed by atoms with Crippen molar-refractivity contribution in [3.05, 3.63) is 64.1 Å². The molecule has 5 rings (SSSR count). The molecular formula is C21H17Cl2NO2. The van der Waals surface area contributed by atoms with Crippen molar-refractivity contribution in [1.82, 2.24) is 0 Å². The molecule has 0 unspecified atom stereocenters. The zero-order valence-electron chi connectivity index (χ0n) is 13.9. The topological polar surface area (TPSA) is 37.4 Å². The summed E-state index contributed by atoms with van der Waals surface area (Å²) in [6.07, 6.45) is 1.94. The highest BCUT2D eigenvalue weighted by atomic mass is 35.5. The number of imide groups is 1. The Labute approximate surface area is 161 Å². The first-order valence-corrected chi connectivity index (χ1v) is 9.69. The van der Waals surface area contributed by atoms with Gasteiger partial charge in [0.05, 0.1) is 22.5 Å². The number of nitrogens with zero attached hydrogens (tertiary/aromatic N) is 1. The molecule has 132 valence electrons. The minimum atomic E-state index is -0.235. The van der Waals surface area contributed by atoms with E-state index in [2.05, 4.69) is 12.1 Å². The Morgan fingerprint density at radius 3 is 2.38 bits per heavy atom. The van der Waals surface area contributed by atoms with E-state index < -0.39 is 0 Å². The van der Waals surface area contributed by atoms with Crippen LogP contribution in [0.1, 0.15) is 24.3 Å². The number of carbonyl (C=O) groups is 2. The lowest BCUT2D eigenvalue weighted by Crippen LogP contribution is -2.33. The van der Waals surface area contributed by atoms with Crippen molar-refractivity contribution in [2.45, 2.75) is 18.8 Å². The van der Waals surface area contributed by atoms with Gasteiger partial charge in [-0.2, -0.15) is 0 Å². The third-order valence-corrected chi connectivity index (χ3v) is 6.95. The van der Waals surface area contributed by atoms with Crippen LogP contribution in [-0.2, 0) is 9.59 Å². The van der Waals surface area contributed by atoms with Gasteiger partial charge in [0.2, 0.25) is 11.8 Å². The second-order valence-electron chi connectivity index (χ2n) is 7.57. The molecule has 2 aromatic rings. The van der Waals surface area contributed by atoms with Gasteiger partial charge in [0.1, 0.15) is 0 Å². The van der Waals surface area contributed by atoms with Gasteiger partial charge in [-0.3, -0.25) is 9.59 Å². The van der Waals surface area contributed by atoms with E-state index in [1.54, 1.807) is 18.2 Å². The molecule has 2 aromatic carbocycles. The lowest BCUT2D eigenvalue weighted by atomic mass is 9.73. The molecule has 2 saturated carbocycles. The van der Waals surface area contributed by atoms with Crippen LogP contribution in [0.25, 0.3) is 0 Å². The van der Waals surface area contributed by atoms with Crippen molar-refractivity contribution in [3.63, 3.8) is 0 Å². The molecular weight excluding hydrogens is 369 g/mol. The van der Waals surface area contributed by atoms with Gasteiger partial charge in [0.15, 0.2) is 0 Å². The average Bonchev–Trinajstić information content (AvgIpc) is 3.30. The Hall–Kier alpha value is -1.84. The number of anilines is 1. The van der Waals surface area contributed by atoms with Gasteiger partial charge < -0.3 is 0 Å². The Kier molecular flexibility index (Phi) is 3.67. The smallest absolute Gasteiger partial charge is 0.238 e. The maximum absolute atomic E-state index is 13.2. The fourth-order valence-electron chi connectivity index (χ4n) is 5.44. The van der Waals surface area contributed by atoms with Crippen LogP contribution in [0.15, 0.2) is 48.5 Å². The summed E-state index contributed by atoms with van der Waals surface area (Å²) < 4.78 is 0. The third kappa shape index (κ3) is 2.20. The van der Waals surface area contributed by atoms with Crippen molar-refractivity contribution in [2.24, 2.45) is 23.7 Å². The number of carbonyl (C=O) groups excluding carboxylic acids is 2. The predicted octanol–water partition coefficient (Wildman–Crippen LogP) is 4.92. The molecule has 1 aliphatic heterocycles. The van der Waals surface area contributed by atoms with Crippen molar-refractivity contribution in [2.75, 3.05) is 4.90 Å². The number of halogens is 2. The molecule has 5 atom stereocenters. The second kappa shape index (κ2) is 5.83. The molecule has 2 amide bonds. The van der Waals surface area contributed by atoms with Crippen LogP contribution < -0.4 is 4.90 Å². The molecule has 2 aliphatic carbocycles. The summed E-state index contributed by atoms with van der Waals surface area (Å²) in [6.45, 7) is 0. The number of fused-ring (bicyclic) bond motifs is 5. The van der Waals surface area contributed by atoms with Crippen molar-refractivity contribution < 1.29 is 9.59 Å². The van der Waals surface area contributed by atoms with E-state index in [-0.39, 0.29) is 35.5 Å². The largest absolute Gasteiger partial charge is 0.274 e. The summed E-state index contributed by atoms with van der Waals surface area (Å²) in [5.74, 6) is 0.194. The van der Waals surface area contributed by atoms with Crippen molar-refractivity contribution >= 4 is 40.7 Å². The van der Waals surface area contributed by atoms with Crippen LogP contribution in [0.4, 0.5) is 5.69 Å². The third-order valence-electron chi connectivity index (χ3n) is 6.39. The molecule has 0 spiro atoms. The number of rotatable bonds is 2. The molecule has 5 heteroatoms. The fourth-order valence-corrected chi connectivity index (χ4v) is 5.81. The van der Waals surface area contributed by atoms with E-state index in [0.717, 1.165) is 12.8 Å². The molecule has 2 bridgehead atoms. The zero-order valence-corrected chi connectivity index (χ0v) is 15.5. The lowest BCUT2D eigenvalue weighted by Gasteiger charge is -2.28. The SMILES string of the molecule is O=C1[C@@H]2[C@@H]3C[C@H]([C@H]2C(=O)N1c1cc(Cl)ccc1Cl)[C@@H](c1ccccc1)C3. The van der Waals surface area contributed by atoms with Gasteiger partial charge >= 0.3 is 0 Å². The molecule has 3 nitrogen and oxygen atoms in total. The molecule has 26 heavy (non-hydrogen) atoms. The summed E-state index contributed by atoms with van der Waals surface area (Å²) >= 11 is 12.3. The average molecular weight is 386 g/mol. The van der Waals surface area contributed by atoms with Crippen molar-refractivity contribution in [1.29, 1.82) is 0 Å². The molecule has 1 saturated heterocycles. The van der Waals surface area contributed by atoms with Crippen LogP contribution in [0.5, 0.6) is 0 Å². The molecule has 3 fully saturated rings. The highest BCUT2D eigenvalue weighted by Gasteiger charge is 2.64. The number of benzene rings is 2. The van der Waals surface area contributed by atoms with E-state index >= 15 is 0 Å². The van der Waals surface area contributed by atoms with Gasteiger partial charge in [0.25, 0.3) is 0 Å². The number of amides is 2. The van der Waals surface area contributed by atoms with Crippen LogP contribution >= 0.6 is 23.2 Å². The first-order valence-electron chi connectivity index (χ1n) is 8.94. The van der Waals surface area contributed by atoms with Crippen LogP contribution in [-0.4, -0.2) is 11.8 Å². The van der Waals surface area contributed by atoms with Crippen LogP contribution in [0.2, 0.25) is 10.0 Å². The van der Waals surface area contributed by atoms with E-state index in [4.69, 9.17) is 23.2 Å². The maximum Gasteiger partial charge on any atom is 0.238 e. The fraction of sp³-hybridized carbons (Fsp3) is 0.333. The Balaban J connectivity index is 1.52. The van der Waals surface area contributed by atoms with Gasteiger partial charge in [-0.05, 0) is 54.4 Å². The van der Waals surface area contributed by atoms with E-state index in [9.17, 15) is 9.59 Å². The first-order chi connectivity index (χ1) is 12.6. The number of hydrogen-bond acceptors (Lipinski definition) is 2. The standard InChI is InChI=1S/C21H17Cl2NO2/c22-13-6-7-16(23)17(10-13)24-20(25)18-12-8-14(11-4-2-1-3-5-11)15(9-12)19(18)21(24)26/h1-7,10,12,14-15,18-19H,8-9H2/t12-,14+,15-,18+,19+/m0/s1. The molecule has 0 radical (unpaired) electrons. The van der Waals surface area contributed by atoms with Crippen LogP contribution in [0.3, 0.4) is 0 Å². The Bertz CT molecular complexity index is 913. The lowest BCUT2D eigenvalue weighted by molar-refractivity contribution is -0.123. The first kappa shape index (κ1) is 16.3. The predicted molar refractivity (Wildman–Crippen MR) is 101 cm³/mol. The Morgan fingerprint density at radius 2 is 1.62 bits per heavy atom. The van der Waals surface area contributed by atoms with E-state index in [0.29, 0.717) is 21.7 Å². The Morgan fingerprint density at radius 1 is 0.885 bits per heavy atom. The van der Waals surface area contributed by atoms with E-state index in [1.165, 1.54) is 10.5 Å². The molecule has 1 heterocycles. The van der Waals surface area contributed by atoms with Gasteiger partial charge in [-0.15, -0.1) is 0 Å². The second-order valence-corrected chi connectivity index (χ2v) is 8.42. The summed E-state index contributed by atoms with van der Waals surface area (Å²) in [7, 11) is 0. The van der Waals surface area contributed by atoms with Gasteiger partial charge in [-0.1, -0.05) is 53.5 Å². The number of hydrogen-bond donors (Lipinski definition) is 0. The monoisotopic (exact) mass is 385 g/mol. The van der Waals surface area contributed by atoms with Gasteiger partial charge in [-0.25, -0.2) is 4.90 Å². The van der Waals surface area contributed by atoms with E-state index in [1.807, 2.05) is 18.2 Å². The summed E-state index contributed by atoms with van der Waals surface area (Å²) in [4.78, 5) is 27.6. The molecule has 3 aliphatic rings. The molecule has 0 aromatic heterocycles. The zero-order chi connectivity index (χ0) is 18.0. The minimum absolute atomic E-state index is 0.108. The normalized spacial score (nSPS) is 32.4. The highest BCUT2D eigenvalue weighted by Crippen LogP contribution is 2.62. The summed E-state index contributed by atoms with van der Waals surface area (Å²) in [6, 6.07) is 15.3. The minimum Gasteiger partial charge on any atom is -0.274 e. The van der Waals surface area contributed by atoms with Crippen molar-refractivity contribution in [3.8, 4) is 0 Å². The van der Waals surface area contributed by atoms with Gasteiger partial charge in [0, 0.05) is 5.02 Å². The summed E-state index contributed by atoms with van der Waals surface area (Å²) in [5, 5.41) is 0.843. The maximum atomic E-state index is 13.2.